The Bertz CT molecular complexity index is 477. The number of methoxy groups -OCH3 is 1. The van der Waals surface area contributed by atoms with Crippen LogP contribution in [0.15, 0.2) is 11.4 Å². The molecule has 20 heavy (non-hydrogen) atoms. The Hall–Kier alpha value is -1.56. The van der Waals surface area contributed by atoms with Crippen LogP contribution in [0.3, 0.4) is 0 Å². The molecule has 0 atom stereocenters. The highest BCUT2D eigenvalue weighted by atomic mass is 32.1. The average molecular weight is 297 g/mol. The topological polar surface area (TPSA) is 55.8 Å². The Balaban J connectivity index is 1.94. The van der Waals surface area contributed by atoms with Gasteiger partial charge in [-0.1, -0.05) is 0 Å². The number of amides is 1. The van der Waals surface area contributed by atoms with Gasteiger partial charge in [0.15, 0.2) is 0 Å². The Morgan fingerprint density at radius 1 is 1.40 bits per heavy atom. The Morgan fingerprint density at radius 3 is 2.70 bits per heavy atom. The lowest BCUT2D eigenvalue weighted by Gasteiger charge is -2.30. The van der Waals surface area contributed by atoms with E-state index >= 15 is 0 Å². The zero-order valence-corrected chi connectivity index (χ0v) is 12.6. The van der Waals surface area contributed by atoms with Crippen molar-refractivity contribution < 1.29 is 19.1 Å². The Morgan fingerprint density at radius 2 is 2.10 bits per heavy atom. The number of hydrogen-bond donors (Lipinski definition) is 0. The molecule has 0 aromatic carbocycles. The van der Waals surface area contributed by atoms with Gasteiger partial charge >= 0.3 is 5.97 Å². The van der Waals surface area contributed by atoms with Gasteiger partial charge in [0.1, 0.15) is 10.6 Å². The van der Waals surface area contributed by atoms with Gasteiger partial charge in [0.2, 0.25) is 0 Å². The summed E-state index contributed by atoms with van der Waals surface area (Å²) < 4.78 is 10.2. The maximum atomic E-state index is 12.4. The summed E-state index contributed by atoms with van der Waals surface area (Å²) in [5.74, 6) is 0.379. The predicted octanol–water partition coefficient (Wildman–Crippen LogP) is 2.17. The first-order valence-electron chi connectivity index (χ1n) is 6.74. The monoisotopic (exact) mass is 297 g/mol. The molecule has 1 amide bonds. The van der Waals surface area contributed by atoms with Crippen LogP contribution in [-0.2, 0) is 9.53 Å². The molecule has 0 bridgehead atoms. The molecule has 2 rings (SSSR count). The number of carbonyl (C=O) groups excluding carboxylic acids is 2. The highest BCUT2D eigenvalue weighted by Gasteiger charge is 2.30. The summed E-state index contributed by atoms with van der Waals surface area (Å²) in [6.45, 7) is 3.39. The molecule has 6 heteroatoms. The van der Waals surface area contributed by atoms with Gasteiger partial charge < -0.3 is 14.4 Å². The number of carbonyl (C=O) groups is 2. The summed E-state index contributed by atoms with van der Waals surface area (Å²) in [4.78, 5) is 26.5. The molecule has 2 heterocycles. The number of hydrogen-bond acceptors (Lipinski definition) is 5. The van der Waals surface area contributed by atoms with Gasteiger partial charge in [0.05, 0.1) is 19.6 Å². The van der Waals surface area contributed by atoms with E-state index in [1.807, 2.05) is 5.38 Å². The maximum Gasteiger partial charge on any atom is 0.309 e. The summed E-state index contributed by atoms with van der Waals surface area (Å²) in [5, 5.41) is 1.84. The van der Waals surface area contributed by atoms with Crippen molar-refractivity contribution >= 4 is 23.2 Å². The van der Waals surface area contributed by atoms with Crippen LogP contribution in [0.25, 0.3) is 0 Å². The summed E-state index contributed by atoms with van der Waals surface area (Å²) in [6.07, 6.45) is 1.33. The summed E-state index contributed by atoms with van der Waals surface area (Å²) in [6, 6.07) is 1.79. The van der Waals surface area contributed by atoms with E-state index in [0.717, 1.165) is 0 Å². The van der Waals surface area contributed by atoms with Crippen LogP contribution in [0.4, 0.5) is 0 Å². The van der Waals surface area contributed by atoms with E-state index in [1.165, 1.54) is 11.3 Å². The number of likely N-dealkylation sites (tertiary alicyclic amines) is 1. The number of rotatable bonds is 4. The molecule has 110 valence electrons. The predicted molar refractivity (Wildman–Crippen MR) is 76.1 cm³/mol. The molecule has 0 unspecified atom stereocenters. The lowest BCUT2D eigenvalue weighted by atomic mass is 9.97. The van der Waals surface area contributed by atoms with Crippen molar-refractivity contribution in [1.29, 1.82) is 0 Å². The molecule has 0 saturated carbocycles. The van der Waals surface area contributed by atoms with Crippen molar-refractivity contribution in [3.63, 3.8) is 0 Å². The normalized spacial score (nSPS) is 16.0. The van der Waals surface area contributed by atoms with Gasteiger partial charge in [0.25, 0.3) is 5.91 Å². The number of piperidine rings is 1. The zero-order chi connectivity index (χ0) is 14.5. The van der Waals surface area contributed by atoms with Gasteiger partial charge in [-0.25, -0.2) is 0 Å². The fourth-order valence-electron chi connectivity index (χ4n) is 2.34. The zero-order valence-electron chi connectivity index (χ0n) is 11.8. The smallest absolute Gasteiger partial charge is 0.309 e. The molecular formula is C14H19NO4S. The highest BCUT2D eigenvalue weighted by molar-refractivity contribution is 7.12. The molecule has 0 spiro atoms. The second kappa shape index (κ2) is 6.74. The van der Waals surface area contributed by atoms with Gasteiger partial charge in [-0.05, 0) is 31.2 Å². The average Bonchev–Trinajstić information content (AvgIpc) is 2.95. The largest absolute Gasteiger partial charge is 0.495 e. The van der Waals surface area contributed by atoms with Crippen LogP contribution in [0.1, 0.15) is 29.4 Å². The third-order valence-corrected chi connectivity index (χ3v) is 4.33. The van der Waals surface area contributed by atoms with E-state index in [0.29, 0.717) is 43.2 Å². The van der Waals surface area contributed by atoms with Gasteiger partial charge in [-0.15, -0.1) is 11.3 Å². The fraction of sp³-hybridized carbons (Fsp3) is 0.571. The minimum atomic E-state index is -0.145. The van der Waals surface area contributed by atoms with Crippen molar-refractivity contribution in [3.8, 4) is 5.75 Å². The van der Waals surface area contributed by atoms with Crippen LogP contribution in [0, 0.1) is 5.92 Å². The van der Waals surface area contributed by atoms with Crippen LogP contribution >= 0.6 is 11.3 Å². The first-order chi connectivity index (χ1) is 9.67. The van der Waals surface area contributed by atoms with Crippen molar-refractivity contribution in [2.75, 3.05) is 26.8 Å². The number of ether oxygens (including phenoxy) is 2. The van der Waals surface area contributed by atoms with E-state index in [2.05, 4.69) is 0 Å². The van der Waals surface area contributed by atoms with Gasteiger partial charge in [0, 0.05) is 13.1 Å². The fourth-order valence-corrected chi connectivity index (χ4v) is 3.16. The highest BCUT2D eigenvalue weighted by Crippen LogP contribution is 2.28. The quantitative estimate of drug-likeness (QED) is 0.799. The Kier molecular flexibility index (Phi) is 5.00. The maximum absolute atomic E-state index is 12.4. The van der Waals surface area contributed by atoms with Crippen molar-refractivity contribution in [2.45, 2.75) is 19.8 Å². The van der Waals surface area contributed by atoms with E-state index in [1.54, 1.807) is 25.0 Å². The second-order valence-corrected chi connectivity index (χ2v) is 5.55. The molecule has 1 fully saturated rings. The van der Waals surface area contributed by atoms with Crippen molar-refractivity contribution in [2.24, 2.45) is 5.92 Å². The number of esters is 1. The molecule has 1 aliphatic heterocycles. The molecular weight excluding hydrogens is 278 g/mol. The molecule has 1 aromatic heterocycles. The second-order valence-electron chi connectivity index (χ2n) is 4.64. The molecule has 1 aromatic rings. The first-order valence-corrected chi connectivity index (χ1v) is 7.62. The third kappa shape index (κ3) is 3.12. The van der Waals surface area contributed by atoms with Gasteiger partial charge in [-0.2, -0.15) is 0 Å². The number of nitrogens with zero attached hydrogens (tertiary/aromatic N) is 1. The lowest BCUT2D eigenvalue weighted by Crippen LogP contribution is -2.40. The molecule has 0 radical (unpaired) electrons. The summed E-state index contributed by atoms with van der Waals surface area (Å²) >= 11 is 1.38. The Labute approximate surface area is 122 Å². The standard InChI is InChI=1S/C14H19NO4S/c1-3-19-14(17)10-4-7-15(8-5-10)13(16)12-11(18-2)6-9-20-12/h6,9-10H,3-5,7-8H2,1-2H3. The van der Waals surface area contributed by atoms with Crippen LogP contribution in [0.5, 0.6) is 5.75 Å². The van der Waals surface area contributed by atoms with Crippen molar-refractivity contribution in [3.05, 3.63) is 16.3 Å². The first kappa shape index (κ1) is 14.8. The SMILES string of the molecule is CCOC(=O)C1CCN(C(=O)c2sccc2OC)CC1. The van der Waals surface area contributed by atoms with Crippen LogP contribution in [0.2, 0.25) is 0 Å². The summed E-state index contributed by atoms with van der Waals surface area (Å²) in [7, 11) is 1.56. The van der Waals surface area contributed by atoms with Crippen molar-refractivity contribution in [1.82, 2.24) is 4.90 Å². The number of thiophene rings is 1. The molecule has 1 aliphatic rings. The lowest BCUT2D eigenvalue weighted by molar-refractivity contribution is -0.149. The van der Waals surface area contributed by atoms with E-state index < -0.39 is 0 Å². The van der Waals surface area contributed by atoms with Crippen LogP contribution < -0.4 is 4.74 Å². The molecule has 1 saturated heterocycles. The van der Waals surface area contributed by atoms with Gasteiger partial charge in [-0.3, -0.25) is 9.59 Å². The summed E-state index contributed by atoms with van der Waals surface area (Å²) in [5.41, 5.74) is 0. The van der Waals surface area contributed by atoms with E-state index in [9.17, 15) is 9.59 Å². The van der Waals surface area contributed by atoms with E-state index in [4.69, 9.17) is 9.47 Å². The van der Waals surface area contributed by atoms with E-state index in [-0.39, 0.29) is 17.8 Å². The minimum Gasteiger partial charge on any atom is -0.495 e. The molecule has 0 aliphatic carbocycles. The minimum absolute atomic E-state index is 0.0147. The molecule has 0 N–H and O–H groups in total. The molecule has 5 nitrogen and oxygen atoms in total. The van der Waals surface area contributed by atoms with Crippen LogP contribution in [-0.4, -0.2) is 43.6 Å². The third-order valence-electron chi connectivity index (χ3n) is 3.45.